The van der Waals surface area contributed by atoms with Crippen LogP contribution in [-0.2, 0) is 0 Å². The number of nitrogens with zero attached hydrogens (tertiary/aromatic N) is 4. The molecule has 10 heteroatoms. The molecule has 3 N–H and O–H groups in total. The molecular formula is C29H32FN7O2. The molecule has 0 unspecified atom stereocenters. The Bertz CT molecular complexity index is 1510. The zero-order valence-corrected chi connectivity index (χ0v) is 22.1. The summed E-state index contributed by atoms with van der Waals surface area (Å²) in [6.07, 6.45) is 4.52. The largest absolute Gasteiger partial charge is 0.494 e. The zero-order chi connectivity index (χ0) is 26.9. The van der Waals surface area contributed by atoms with Crippen molar-refractivity contribution in [2.75, 3.05) is 55.4 Å². The maximum absolute atomic E-state index is 14.0. The van der Waals surface area contributed by atoms with Crippen LogP contribution in [-0.4, -0.2) is 65.5 Å². The maximum Gasteiger partial charge on any atom is 0.231 e. The number of carbonyl (C=O) groups excluding carboxylic acids is 1. The summed E-state index contributed by atoms with van der Waals surface area (Å²) in [5.74, 6) is 1.74. The number of methoxy groups -OCH3 is 1. The highest BCUT2D eigenvalue weighted by Gasteiger charge is 2.26. The van der Waals surface area contributed by atoms with Crippen LogP contribution < -0.4 is 20.3 Å². The Kier molecular flexibility index (Phi) is 6.78. The van der Waals surface area contributed by atoms with Gasteiger partial charge < -0.3 is 25.3 Å². The Labute approximate surface area is 226 Å². The highest BCUT2D eigenvalue weighted by molar-refractivity contribution is 6.01. The van der Waals surface area contributed by atoms with Crippen molar-refractivity contribution in [3.63, 3.8) is 0 Å². The third-order valence-corrected chi connectivity index (χ3v) is 7.41. The van der Waals surface area contributed by atoms with E-state index in [1.165, 1.54) is 44.5 Å². The summed E-state index contributed by atoms with van der Waals surface area (Å²) >= 11 is 0. The molecule has 4 aromatic rings. The summed E-state index contributed by atoms with van der Waals surface area (Å²) in [6, 6.07) is 11.9. The molecule has 39 heavy (non-hydrogen) atoms. The SMILES string of the molecule is COc1cc(N2CCN(CC3CC3)CC2)ccc1Nc1nc(Nc2cc(F)ccc2C(C)=O)c2cc[nH]c2n1. The van der Waals surface area contributed by atoms with Crippen LogP contribution in [0.4, 0.5) is 33.2 Å². The molecule has 202 valence electrons. The first-order valence-electron chi connectivity index (χ1n) is 13.3. The first-order valence-corrected chi connectivity index (χ1v) is 13.3. The van der Waals surface area contributed by atoms with Gasteiger partial charge in [-0.1, -0.05) is 0 Å². The summed E-state index contributed by atoms with van der Waals surface area (Å²) in [5, 5.41) is 7.12. The van der Waals surface area contributed by atoms with Gasteiger partial charge in [0, 0.05) is 56.2 Å². The van der Waals surface area contributed by atoms with Crippen molar-refractivity contribution in [3.8, 4) is 5.75 Å². The van der Waals surface area contributed by atoms with Crippen molar-refractivity contribution in [1.29, 1.82) is 0 Å². The Morgan fingerprint density at radius 2 is 1.87 bits per heavy atom. The summed E-state index contributed by atoms with van der Waals surface area (Å²) in [4.78, 5) is 29.5. The van der Waals surface area contributed by atoms with Gasteiger partial charge in [-0.05, 0) is 62.1 Å². The monoisotopic (exact) mass is 529 g/mol. The number of halogens is 1. The average Bonchev–Trinajstić information content (AvgIpc) is 3.61. The van der Waals surface area contributed by atoms with Crippen molar-refractivity contribution >= 4 is 45.6 Å². The van der Waals surface area contributed by atoms with Crippen molar-refractivity contribution in [2.24, 2.45) is 5.92 Å². The molecule has 2 fully saturated rings. The minimum Gasteiger partial charge on any atom is -0.494 e. The molecule has 0 amide bonds. The second-order valence-corrected chi connectivity index (χ2v) is 10.2. The van der Waals surface area contributed by atoms with Crippen LogP contribution in [0.3, 0.4) is 0 Å². The normalized spacial score (nSPS) is 15.9. The van der Waals surface area contributed by atoms with E-state index in [0.717, 1.165) is 43.5 Å². The second kappa shape index (κ2) is 10.5. The van der Waals surface area contributed by atoms with E-state index in [4.69, 9.17) is 4.74 Å². The summed E-state index contributed by atoms with van der Waals surface area (Å²) < 4.78 is 19.8. The number of benzene rings is 2. The zero-order valence-electron chi connectivity index (χ0n) is 22.1. The van der Waals surface area contributed by atoms with Gasteiger partial charge in [-0.3, -0.25) is 9.69 Å². The molecular weight excluding hydrogens is 497 g/mol. The van der Waals surface area contributed by atoms with Gasteiger partial charge in [0.05, 0.1) is 23.9 Å². The number of ketones is 1. The molecule has 3 heterocycles. The molecule has 1 saturated heterocycles. The van der Waals surface area contributed by atoms with Crippen molar-refractivity contribution < 1.29 is 13.9 Å². The molecule has 2 aromatic heterocycles. The Morgan fingerprint density at radius 1 is 1.05 bits per heavy atom. The van der Waals surface area contributed by atoms with E-state index < -0.39 is 5.82 Å². The number of rotatable bonds is 9. The quantitative estimate of drug-likeness (QED) is 0.251. The number of anilines is 5. The molecule has 9 nitrogen and oxygen atoms in total. The highest BCUT2D eigenvalue weighted by atomic mass is 19.1. The van der Waals surface area contributed by atoms with Crippen molar-refractivity contribution in [3.05, 3.63) is 60.0 Å². The van der Waals surface area contributed by atoms with Gasteiger partial charge in [0.2, 0.25) is 5.95 Å². The molecule has 6 rings (SSSR count). The lowest BCUT2D eigenvalue weighted by molar-refractivity contribution is 0.101. The lowest BCUT2D eigenvalue weighted by Crippen LogP contribution is -2.47. The van der Waals surface area contributed by atoms with Crippen molar-refractivity contribution in [2.45, 2.75) is 19.8 Å². The lowest BCUT2D eigenvalue weighted by atomic mass is 10.1. The van der Waals surface area contributed by atoms with E-state index in [1.807, 2.05) is 18.2 Å². The highest BCUT2D eigenvalue weighted by Crippen LogP contribution is 2.34. The van der Waals surface area contributed by atoms with Crippen LogP contribution in [0.25, 0.3) is 11.0 Å². The molecule has 1 saturated carbocycles. The molecule has 1 aliphatic carbocycles. The average molecular weight is 530 g/mol. The van der Waals surface area contributed by atoms with Gasteiger partial charge in [-0.25, -0.2) is 4.39 Å². The van der Waals surface area contributed by atoms with E-state index in [0.29, 0.717) is 39.8 Å². The number of aromatic amines is 1. The lowest BCUT2D eigenvalue weighted by Gasteiger charge is -2.36. The van der Waals surface area contributed by atoms with Crippen LogP contribution >= 0.6 is 0 Å². The second-order valence-electron chi connectivity index (χ2n) is 10.2. The topological polar surface area (TPSA) is 98.4 Å². The molecule has 1 aliphatic heterocycles. The predicted molar refractivity (Wildman–Crippen MR) is 151 cm³/mol. The van der Waals surface area contributed by atoms with E-state index in [9.17, 15) is 9.18 Å². The Balaban J connectivity index is 1.23. The fraction of sp³-hybridized carbons (Fsp3) is 0.345. The van der Waals surface area contributed by atoms with Gasteiger partial charge in [0.25, 0.3) is 0 Å². The standard InChI is InChI=1S/C29H32FN7O2/c1-18(38)22-7-5-20(30)15-25(22)32-28-23-9-10-31-27(23)34-29(35-28)33-24-8-6-21(16-26(24)39-2)37-13-11-36(12-14-37)17-19-3-4-19/h5-10,15-16,19H,3-4,11-14,17H2,1-2H3,(H3,31,32,33,34,35). The number of aromatic nitrogens is 3. The number of nitrogens with one attached hydrogen (secondary N) is 3. The summed E-state index contributed by atoms with van der Waals surface area (Å²) in [6.45, 7) is 6.82. The Morgan fingerprint density at radius 3 is 2.62 bits per heavy atom. The number of fused-ring (bicyclic) bond motifs is 1. The predicted octanol–water partition coefficient (Wildman–Crippen LogP) is 5.33. The number of carbonyl (C=O) groups is 1. The molecule has 2 aliphatic rings. The van der Waals surface area contributed by atoms with E-state index in [1.54, 1.807) is 13.3 Å². The van der Waals surface area contributed by atoms with Gasteiger partial charge in [-0.2, -0.15) is 9.97 Å². The fourth-order valence-corrected chi connectivity index (χ4v) is 5.10. The van der Waals surface area contributed by atoms with Gasteiger partial charge in [0.15, 0.2) is 5.78 Å². The third-order valence-electron chi connectivity index (χ3n) is 7.41. The molecule has 0 bridgehead atoms. The van der Waals surface area contributed by atoms with Gasteiger partial charge in [0.1, 0.15) is 23.0 Å². The van der Waals surface area contributed by atoms with Crippen molar-refractivity contribution in [1.82, 2.24) is 19.9 Å². The molecule has 0 atom stereocenters. The van der Waals surface area contributed by atoms with Crippen LogP contribution in [0.15, 0.2) is 48.7 Å². The van der Waals surface area contributed by atoms with Gasteiger partial charge >= 0.3 is 0 Å². The Hall–Kier alpha value is -4.18. The molecule has 0 spiro atoms. The number of piperazine rings is 1. The fourth-order valence-electron chi connectivity index (χ4n) is 5.10. The van der Waals surface area contributed by atoms with E-state index in [-0.39, 0.29) is 5.78 Å². The summed E-state index contributed by atoms with van der Waals surface area (Å²) in [7, 11) is 1.65. The molecule has 0 radical (unpaired) electrons. The third kappa shape index (κ3) is 5.51. The number of Topliss-reactive ketones (excluding diaryl/α,β-unsaturated/α-hetero) is 1. The molecule has 2 aromatic carbocycles. The maximum atomic E-state index is 14.0. The first kappa shape index (κ1) is 25.1. The number of ether oxygens (including phenoxy) is 1. The van der Waals surface area contributed by atoms with Crippen LogP contribution in [0.1, 0.15) is 30.1 Å². The number of hydrogen-bond donors (Lipinski definition) is 3. The number of hydrogen-bond acceptors (Lipinski definition) is 8. The van der Waals surface area contributed by atoms with Crippen LogP contribution in [0.2, 0.25) is 0 Å². The van der Waals surface area contributed by atoms with E-state index in [2.05, 4.69) is 41.5 Å². The smallest absolute Gasteiger partial charge is 0.231 e. The van der Waals surface area contributed by atoms with Gasteiger partial charge in [-0.15, -0.1) is 0 Å². The minimum atomic E-state index is -0.450. The minimum absolute atomic E-state index is 0.177. The van der Waals surface area contributed by atoms with E-state index >= 15 is 0 Å². The van der Waals surface area contributed by atoms with Crippen LogP contribution in [0.5, 0.6) is 5.75 Å². The number of H-pyrrole nitrogens is 1. The summed E-state index contributed by atoms with van der Waals surface area (Å²) in [5.41, 5.74) is 3.15. The first-order chi connectivity index (χ1) is 19.0. The van der Waals surface area contributed by atoms with Crippen LogP contribution in [0, 0.1) is 11.7 Å².